The summed E-state index contributed by atoms with van der Waals surface area (Å²) in [6, 6.07) is 11.3. The fraction of sp³-hybridized carbons (Fsp3) is 0.200. The van der Waals surface area contributed by atoms with E-state index < -0.39 is 5.97 Å². The molecule has 3 rings (SSSR count). The average Bonchev–Trinajstić information content (AvgIpc) is 3.06. The molecule has 0 radical (unpaired) electrons. The lowest BCUT2D eigenvalue weighted by Gasteiger charge is -2.24. The second-order valence-electron chi connectivity index (χ2n) is 4.64. The number of amides is 1. The number of carboxylic acids is 1. The van der Waals surface area contributed by atoms with Crippen LogP contribution in [0.3, 0.4) is 0 Å². The van der Waals surface area contributed by atoms with E-state index in [4.69, 9.17) is 0 Å². The Morgan fingerprint density at radius 1 is 1.29 bits per heavy atom. The van der Waals surface area contributed by atoms with Crippen molar-refractivity contribution in [3.63, 3.8) is 0 Å². The highest BCUT2D eigenvalue weighted by Crippen LogP contribution is 2.42. The Labute approximate surface area is 130 Å². The number of benzene rings is 1. The topological polar surface area (TPSA) is 60.4 Å². The molecule has 0 saturated carbocycles. The smallest absolute Gasteiger partial charge is 0.255 e. The van der Waals surface area contributed by atoms with E-state index >= 15 is 0 Å². The second kappa shape index (κ2) is 5.91. The minimum absolute atomic E-state index is 0.0464. The molecule has 6 heteroatoms. The monoisotopic (exact) mass is 318 g/mol. The first-order valence-electron chi connectivity index (χ1n) is 6.40. The van der Waals surface area contributed by atoms with Gasteiger partial charge >= 0.3 is 0 Å². The summed E-state index contributed by atoms with van der Waals surface area (Å²) in [5.74, 6) is -1.30. The normalized spacial score (nSPS) is 17.0. The van der Waals surface area contributed by atoms with Crippen molar-refractivity contribution in [1.82, 2.24) is 4.90 Å². The van der Waals surface area contributed by atoms with Gasteiger partial charge in [-0.15, -0.1) is 23.1 Å². The maximum atomic E-state index is 12.5. The van der Waals surface area contributed by atoms with Gasteiger partial charge in [-0.1, -0.05) is 24.3 Å². The predicted octanol–water partition coefficient (Wildman–Crippen LogP) is 1.89. The third-order valence-corrected chi connectivity index (χ3v) is 5.35. The van der Waals surface area contributed by atoms with Gasteiger partial charge in [-0.25, -0.2) is 0 Å². The number of carboxylic acid groups (broad SMARTS) is 1. The van der Waals surface area contributed by atoms with E-state index in [0.717, 1.165) is 10.4 Å². The van der Waals surface area contributed by atoms with Gasteiger partial charge in [0.25, 0.3) is 5.91 Å². The van der Waals surface area contributed by atoms with E-state index in [0.29, 0.717) is 12.1 Å². The van der Waals surface area contributed by atoms with Crippen molar-refractivity contribution in [2.24, 2.45) is 0 Å². The number of fused-ring (bicyclic) bond motifs is 1. The lowest BCUT2D eigenvalue weighted by atomic mass is 10.1. The van der Waals surface area contributed by atoms with Crippen LogP contribution in [0.5, 0.6) is 0 Å². The Balaban J connectivity index is 1.90. The van der Waals surface area contributed by atoms with Crippen LogP contribution in [0.25, 0.3) is 0 Å². The number of hydrogen-bond donors (Lipinski definition) is 0. The van der Waals surface area contributed by atoms with Crippen LogP contribution in [0.2, 0.25) is 0 Å². The second-order valence-corrected chi connectivity index (χ2v) is 6.74. The van der Waals surface area contributed by atoms with Crippen LogP contribution in [0.15, 0.2) is 41.8 Å². The Bertz CT molecular complexity index is 669. The molecule has 1 aromatic heterocycles. The van der Waals surface area contributed by atoms with Gasteiger partial charge < -0.3 is 14.8 Å². The molecule has 1 atom stereocenters. The molecule has 108 valence electrons. The Hall–Kier alpha value is -1.79. The number of thiophene rings is 1. The lowest BCUT2D eigenvalue weighted by molar-refractivity contribution is -0.301. The third kappa shape index (κ3) is 2.82. The Kier molecular flexibility index (Phi) is 3.98. The Morgan fingerprint density at radius 2 is 2.10 bits per heavy atom. The molecule has 0 bridgehead atoms. The number of thioether (sulfide) groups is 1. The summed E-state index contributed by atoms with van der Waals surface area (Å²) in [5.41, 5.74) is 1.54. The standard InChI is InChI=1S/C15H13NO3S2/c17-13(18)9-21-15-12-6-2-1-5-11(12)14(19)16(15)8-10-4-3-7-20-10/h1-7,15H,8-9H2,(H,17,18)/p-1/t15-/m1/s1. The molecule has 2 heterocycles. The van der Waals surface area contributed by atoms with Crippen LogP contribution in [-0.4, -0.2) is 22.5 Å². The predicted molar refractivity (Wildman–Crippen MR) is 80.8 cm³/mol. The van der Waals surface area contributed by atoms with Crippen molar-refractivity contribution in [2.45, 2.75) is 11.9 Å². The molecule has 0 N–H and O–H groups in total. The average molecular weight is 318 g/mol. The molecule has 0 spiro atoms. The molecular formula is C15H12NO3S2-. The third-order valence-electron chi connectivity index (χ3n) is 3.27. The summed E-state index contributed by atoms with van der Waals surface area (Å²) in [6.07, 6.45) is 0. The zero-order valence-corrected chi connectivity index (χ0v) is 12.7. The van der Waals surface area contributed by atoms with Crippen LogP contribution >= 0.6 is 23.1 Å². The Morgan fingerprint density at radius 3 is 2.81 bits per heavy atom. The number of rotatable bonds is 5. The van der Waals surface area contributed by atoms with E-state index in [2.05, 4.69) is 0 Å². The van der Waals surface area contributed by atoms with Crippen molar-refractivity contribution < 1.29 is 14.7 Å². The van der Waals surface area contributed by atoms with Gasteiger partial charge in [-0.3, -0.25) is 4.79 Å². The summed E-state index contributed by atoms with van der Waals surface area (Å²) in [6.45, 7) is 0.496. The highest BCUT2D eigenvalue weighted by molar-refractivity contribution is 8.00. The van der Waals surface area contributed by atoms with Crippen LogP contribution in [0, 0.1) is 0 Å². The summed E-state index contributed by atoms with van der Waals surface area (Å²) < 4.78 is 0. The first-order chi connectivity index (χ1) is 10.2. The molecule has 1 aromatic carbocycles. The van der Waals surface area contributed by atoms with Crippen LogP contribution in [0.1, 0.15) is 26.2 Å². The summed E-state index contributed by atoms with van der Waals surface area (Å²) in [5, 5.41) is 12.4. The summed E-state index contributed by atoms with van der Waals surface area (Å²) >= 11 is 2.80. The molecule has 4 nitrogen and oxygen atoms in total. The maximum Gasteiger partial charge on any atom is 0.255 e. The minimum Gasteiger partial charge on any atom is -0.549 e. The molecule has 0 fully saturated rings. The minimum atomic E-state index is -1.12. The van der Waals surface area contributed by atoms with Crippen molar-refractivity contribution in [3.05, 3.63) is 57.8 Å². The maximum absolute atomic E-state index is 12.5. The quantitative estimate of drug-likeness (QED) is 0.844. The molecule has 1 aliphatic rings. The van der Waals surface area contributed by atoms with Crippen LogP contribution in [-0.2, 0) is 11.3 Å². The highest BCUT2D eigenvalue weighted by Gasteiger charge is 2.36. The van der Waals surface area contributed by atoms with Crippen molar-refractivity contribution in [3.8, 4) is 0 Å². The number of carbonyl (C=O) groups is 2. The highest BCUT2D eigenvalue weighted by atomic mass is 32.2. The van der Waals surface area contributed by atoms with Crippen LogP contribution in [0.4, 0.5) is 0 Å². The van der Waals surface area contributed by atoms with Crippen molar-refractivity contribution in [2.75, 3.05) is 5.75 Å². The van der Waals surface area contributed by atoms with Gasteiger partial charge in [-0.05, 0) is 23.1 Å². The molecule has 1 amide bonds. The first-order valence-corrected chi connectivity index (χ1v) is 8.33. The fourth-order valence-electron chi connectivity index (χ4n) is 2.39. The van der Waals surface area contributed by atoms with Gasteiger partial charge in [0.1, 0.15) is 5.37 Å². The molecule has 0 saturated heterocycles. The fourth-order valence-corrected chi connectivity index (χ4v) is 4.12. The van der Waals surface area contributed by atoms with Gasteiger partial charge in [-0.2, -0.15) is 0 Å². The zero-order chi connectivity index (χ0) is 14.8. The van der Waals surface area contributed by atoms with E-state index in [-0.39, 0.29) is 17.0 Å². The molecule has 2 aromatic rings. The van der Waals surface area contributed by atoms with E-state index in [9.17, 15) is 14.7 Å². The number of aliphatic carboxylic acids is 1. The first kappa shape index (κ1) is 14.2. The van der Waals surface area contributed by atoms with Crippen molar-refractivity contribution >= 4 is 35.0 Å². The molecule has 0 aliphatic carbocycles. The van der Waals surface area contributed by atoms with Gasteiger partial charge in [0.05, 0.1) is 12.5 Å². The molecular weight excluding hydrogens is 306 g/mol. The summed E-state index contributed by atoms with van der Waals surface area (Å²) in [7, 11) is 0. The molecule has 21 heavy (non-hydrogen) atoms. The number of nitrogens with zero attached hydrogens (tertiary/aromatic N) is 1. The molecule has 0 unspecified atom stereocenters. The zero-order valence-electron chi connectivity index (χ0n) is 11.0. The van der Waals surface area contributed by atoms with Gasteiger partial charge in [0.2, 0.25) is 0 Å². The van der Waals surface area contributed by atoms with Gasteiger partial charge in [0.15, 0.2) is 0 Å². The number of hydrogen-bond acceptors (Lipinski definition) is 5. The van der Waals surface area contributed by atoms with E-state index in [1.54, 1.807) is 22.3 Å². The van der Waals surface area contributed by atoms with E-state index in [1.807, 2.05) is 35.7 Å². The summed E-state index contributed by atoms with van der Waals surface area (Å²) in [4.78, 5) is 26.1. The van der Waals surface area contributed by atoms with Gasteiger partial charge in [0, 0.05) is 16.2 Å². The molecule has 1 aliphatic heterocycles. The largest absolute Gasteiger partial charge is 0.549 e. The lowest BCUT2D eigenvalue weighted by Crippen LogP contribution is -2.29. The van der Waals surface area contributed by atoms with Crippen LogP contribution < -0.4 is 5.11 Å². The SMILES string of the molecule is O=C([O-])CS[C@@H]1c2ccccc2C(=O)N1Cc1cccs1. The van der Waals surface area contributed by atoms with E-state index in [1.165, 1.54) is 11.8 Å². The van der Waals surface area contributed by atoms with Crippen molar-refractivity contribution in [1.29, 1.82) is 0 Å². The number of carbonyl (C=O) groups excluding carboxylic acids is 2.